The summed E-state index contributed by atoms with van der Waals surface area (Å²) in [6.07, 6.45) is 6.74. The number of nitrogens with zero attached hydrogens (tertiary/aromatic N) is 2. The third kappa shape index (κ3) is 4.85. The van der Waals surface area contributed by atoms with E-state index in [-0.39, 0.29) is 16.8 Å². The second kappa shape index (κ2) is 9.53. The van der Waals surface area contributed by atoms with Crippen LogP contribution in [0.2, 0.25) is 0 Å². The largest absolute Gasteiger partial charge is 0.336 e. The van der Waals surface area contributed by atoms with Crippen molar-refractivity contribution in [2.24, 2.45) is 0 Å². The fourth-order valence-electron chi connectivity index (χ4n) is 4.78. The van der Waals surface area contributed by atoms with Crippen LogP contribution in [0.15, 0.2) is 53.4 Å². The highest BCUT2D eigenvalue weighted by Crippen LogP contribution is 2.27. The number of amides is 1. The Morgan fingerprint density at radius 1 is 0.968 bits per heavy atom. The minimum absolute atomic E-state index is 0.0382. The number of hydrogen-bond donors (Lipinski definition) is 0. The standard InChI is InChI=1S/C25H32N2O3S/c1-20-12-15-23(31(29,30)26-16-6-3-7-17-26)19-24(20)25(28)27-18-8-11-22(27)14-13-21-9-4-2-5-10-21/h2,4-5,9-10,12,15,19,22H,3,6-8,11,13-14,16-18H2,1H3. The van der Waals surface area contributed by atoms with E-state index in [1.165, 1.54) is 5.56 Å². The van der Waals surface area contributed by atoms with E-state index in [1.54, 1.807) is 22.5 Å². The first-order valence-corrected chi connectivity index (χ1v) is 12.9. The summed E-state index contributed by atoms with van der Waals surface area (Å²) in [5, 5.41) is 0. The lowest BCUT2D eigenvalue weighted by molar-refractivity contribution is 0.0729. The highest BCUT2D eigenvalue weighted by Gasteiger charge is 2.32. The molecule has 2 aliphatic rings. The number of rotatable bonds is 6. The third-order valence-corrected chi connectivity index (χ3v) is 8.53. The first-order valence-electron chi connectivity index (χ1n) is 11.4. The summed E-state index contributed by atoms with van der Waals surface area (Å²) in [4.78, 5) is 15.7. The molecule has 5 nitrogen and oxygen atoms in total. The van der Waals surface area contributed by atoms with E-state index in [9.17, 15) is 13.2 Å². The molecule has 2 fully saturated rings. The molecule has 2 aliphatic heterocycles. The lowest BCUT2D eigenvalue weighted by atomic mass is 10.0. The fourth-order valence-corrected chi connectivity index (χ4v) is 6.33. The van der Waals surface area contributed by atoms with Crippen molar-refractivity contribution in [3.05, 3.63) is 65.2 Å². The van der Waals surface area contributed by atoms with E-state index >= 15 is 0 Å². The smallest absolute Gasteiger partial charge is 0.254 e. The topological polar surface area (TPSA) is 57.7 Å². The maximum absolute atomic E-state index is 13.5. The van der Waals surface area contributed by atoms with Gasteiger partial charge in [-0.2, -0.15) is 4.31 Å². The molecule has 1 atom stereocenters. The van der Waals surface area contributed by atoms with Gasteiger partial charge in [0.1, 0.15) is 0 Å². The van der Waals surface area contributed by atoms with Crippen molar-refractivity contribution in [1.29, 1.82) is 0 Å². The van der Waals surface area contributed by atoms with E-state index < -0.39 is 10.0 Å². The molecule has 166 valence electrons. The van der Waals surface area contributed by atoms with E-state index in [0.717, 1.165) is 57.1 Å². The summed E-state index contributed by atoms with van der Waals surface area (Å²) in [5.41, 5.74) is 2.63. The van der Waals surface area contributed by atoms with Crippen LogP contribution < -0.4 is 0 Å². The van der Waals surface area contributed by atoms with Gasteiger partial charge in [0.25, 0.3) is 5.91 Å². The molecular weight excluding hydrogens is 408 g/mol. The van der Waals surface area contributed by atoms with Crippen LogP contribution in [0, 0.1) is 6.92 Å². The van der Waals surface area contributed by atoms with Gasteiger partial charge in [0.15, 0.2) is 0 Å². The van der Waals surface area contributed by atoms with Gasteiger partial charge in [-0.1, -0.05) is 42.8 Å². The average Bonchev–Trinajstić information content (AvgIpc) is 3.27. The van der Waals surface area contributed by atoms with Crippen LogP contribution in [0.5, 0.6) is 0 Å². The van der Waals surface area contributed by atoms with Gasteiger partial charge in [-0.25, -0.2) is 8.42 Å². The van der Waals surface area contributed by atoms with Crippen molar-refractivity contribution < 1.29 is 13.2 Å². The minimum Gasteiger partial charge on any atom is -0.336 e. The highest BCUT2D eigenvalue weighted by molar-refractivity contribution is 7.89. The Morgan fingerprint density at radius 3 is 2.45 bits per heavy atom. The molecule has 0 saturated carbocycles. The van der Waals surface area contributed by atoms with Crippen molar-refractivity contribution >= 4 is 15.9 Å². The van der Waals surface area contributed by atoms with Gasteiger partial charge in [-0.3, -0.25) is 4.79 Å². The molecule has 2 aromatic rings. The Hall–Kier alpha value is -2.18. The molecular formula is C25H32N2O3S. The highest BCUT2D eigenvalue weighted by atomic mass is 32.2. The number of aryl methyl sites for hydroxylation is 2. The predicted molar refractivity (Wildman–Crippen MR) is 123 cm³/mol. The first kappa shape index (κ1) is 22.0. The van der Waals surface area contributed by atoms with E-state index in [0.29, 0.717) is 18.7 Å². The number of piperidine rings is 1. The molecule has 2 aromatic carbocycles. The monoisotopic (exact) mass is 440 g/mol. The van der Waals surface area contributed by atoms with Gasteiger partial charge in [0.2, 0.25) is 10.0 Å². The molecule has 31 heavy (non-hydrogen) atoms. The molecule has 4 rings (SSSR count). The molecule has 6 heteroatoms. The summed E-state index contributed by atoms with van der Waals surface area (Å²) < 4.78 is 27.8. The van der Waals surface area contributed by atoms with Crippen LogP contribution in [0.4, 0.5) is 0 Å². The summed E-state index contributed by atoms with van der Waals surface area (Å²) in [6, 6.07) is 15.6. The number of hydrogen-bond acceptors (Lipinski definition) is 3. The third-order valence-electron chi connectivity index (χ3n) is 6.64. The Bertz CT molecular complexity index is 1010. The zero-order valence-electron chi connectivity index (χ0n) is 18.3. The maximum atomic E-state index is 13.5. The fraction of sp³-hybridized carbons (Fsp3) is 0.480. The van der Waals surface area contributed by atoms with Crippen molar-refractivity contribution in [3.8, 4) is 0 Å². The second-order valence-corrected chi connectivity index (χ2v) is 10.7. The molecule has 0 bridgehead atoms. The molecule has 0 N–H and O–H groups in total. The van der Waals surface area contributed by atoms with Crippen LogP contribution in [0.1, 0.15) is 60.0 Å². The zero-order valence-corrected chi connectivity index (χ0v) is 19.1. The summed E-state index contributed by atoms with van der Waals surface area (Å²) in [7, 11) is -3.56. The molecule has 0 radical (unpaired) electrons. The van der Waals surface area contributed by atoms with Crippen molar-refractivity contribution in [2.45, 2.75) is 62.8 Å². The molecule has 1 amide bonds. The van der Waals surface area contributed by atoms with Gasteiger partial charge in [0, 0.05) is 31.2 Å². The molecule has 0 spiro atoms. The lowest BCUT2D eigenvalue weighted by Crippen LogP contribution is -2.37. The van der Waals surface area contributed by atoms with E-state index in [4.69, 9.17) is 0 Å². The Kier molecular flexibility index (Phi) is 6.77. The Balaban J connectivity index is 1.52. The van der Waals surface area contributed by atoms with Gasteiger partial charge in [-0.05, 0) is 68.7 Å². The van der Waals surface area contributed by atoms with Gasteiger partial charge < -0.3 is 4.90 Å². The molecule has 0 aromatic heterocycles. The number of carbonyl (C=O) groups excluding carboxylic acids is 1. The summed E-state index contributed by atoms with van der Waals surface area (Å²) >= 11 is 0. The van der Waals surface area contributed by atoms with Gasteiger partial charge >= 0.3 is 0 Å². The summed E-state index contributed by atoms with van der Waals surface area (Å²) in [6.45, 7) is 3.75. The van der Waals surface area contributed by atoms with Crippen molar-refractivity contribution in [3.63, 3.8) is 0 Å². The quantitative estimate of drug-likeness (QED) is 0.669. The van der Waals surface area contributed by atoms with Gasteiger partial charge in [-0.15, -0.1) is 0 Å². The summed E-state index contributed by atoms with van der Waals surface area (Å²) in [5.74, 6) is -0.0382. The van der Waals surface area contributed by atoms with Crippen molar-refractivity contribution in [2.75, 3.05) is 19.6 Å². The maximum Gasteiger partial charge on any atom is 0.254 e. The zero-order chi connectivity index (χ0) is 21.8. The number of carbonyl (C=O) groups is 1. The van der Waals surface area contributed by atoms with Crippen molar-refractivity contribution in [1.82, 2.24) is 9.21 Å². The SMILES string of the molecule is Cc1ccc(S(=O)(=O)N2CCCCC2)cc1C(=O)N1CCCC1CCc1ccccc1. The van der Waals surface area contributed by atoms with Crippen LogP contribution in [0.25, 0.3) is 0 Å². The molecule has 2 saturated heterocycles. The Labute approximate surface area is 186 Å². The van der Waals surface area contributed by atoms with E-state index in [2.05, 4.69) is 12.1 Å². The molecule has 0 aliphatic carbocycles. The average molecular weight is 441 g/mol. The number of sulfonamides is 1. The Morgan fingerprint density at radius 2 is 1.71 bits per heavy atom. The van der Waals surface area contributed by atoms with Crippen LogP contribution in [0.3, 0.4) is 0 Å². The van der Waals surface area contributed by atoms with E-state index in [1.807, 2.05) is 30.0 Å². The minimum atomic E-state index is -3.56. The normalized spacial score (nSPS) is 20.2. The lowest BCUT2D eigenvalue weighted by Gasteiger charge is -2.27. The van der Waals surface area contributed by atoms with Gasteiger partial charge in [0.05, 0.1) is 4.90 Å². The number of benzene rings is 2. The predicted octanol–water partition coefficient (Wildman–Crippen LogP) is 4.41. The van der Waals surface area contributed by atoms with Crippen LogP contribution in [-0.4, -0.2) is 49.2 Å². The van der Waals surface area contributed by atoms with Crippen LogP contribution in [-0.2, 0) is 16.4 Å². The first-order chi connectivity index (χ1) is 15.0. The van der Waals surface area contributed by atoms with Crippen LogP contribution >= 0.6 is 0 Å². The number of likely N-dealkylation sites (tertiary alicyclic amines) is 1. The second-order valence-electron chi connectivity index (χ2n) is 8.76. The molecule has 1 unspecified atom stereocenters. The molecule has 2 heterocycles.